The maximum absolute atomic E-state index is 12.9. The molecule has 0 unspecified atom stereocenters. The van der Waals surface area contributed by atoms with Gasteiger partial charge in [-0.25, -0.2) is 8.42 Å². The summed E-state index contributed by atoms with van der Waals surface area (Å²) >= 11 is 12.2. The summed E-state index contributed by atoms with van der Waals surface area (Å²) in [6.07, 6.45) is 0. The lowest BCUT2D eigenvalue weighted by molar-refractivity contribution is 0.480. The molecule has 5 nitrogen and oxygen atoms in total. The first kappa shape index (κ1) is 21.0. The summed E-state index contributed by atoms with van der Waals surface area (Å²) in [6.45, 7) is 0. The van der Waals surface area contributed by atoms with Gasteiger partial charge in [0, 0.05) is 15.8 Å². The molecule has 4 rings (SSSR count). The van der Waals surface area contributed by atoms with Gasteiger partial charge in [0.1, 0.15) is 23.1 Å². The Hall–Kier alpha value is -3.24. The molecular formula is C23H14Cl2N2O3S. The lowest BCUT2D eigenvalue weighted by Crippen LogP contribution is -2.13. The molecule has 4 aromatic rings. The molecule has 0 heterocycles. The summed E-state index contributed by atoms with van der Waals surface area (Å²) in [4.78, 5) is 0.0606. The number of nitrogens with zero attached hydrogens (tertiary/aromatic N) is 1. The van der Waals surface area contributed by atoms with Crippen LogP contribution in [0, 0.1) is 11.3 Å². The van der Waals surface area contributed by atoms with Gasteiger partial charge in [-0.2, -0.15) is 5.26 Å². The van der Waals surface area contributed by atoms with Gasteiger partial charge in [0.2, 0.25) is 0 Å². The fourth-order valence-corrected chi connectivity index (χ4v) is 4.58. The van der Waals surface area contributed by atoms with E-state index in [1.54, 1.807) is 36.4 Å². The molecule has 0 bridgehead atoms. The van der Waals surface area contributed by atoms with Crippen LogP contribution in [0.25, 0.3) is 10.8 Å². The second-order valence-electron chi connectivity index (χ2n) is 6.54. The quantitative estimate of drug-likeness (QED) is 0.357. The predicted molar refractivity (Wildman–Crippen MR) is 122 cm³/mol. The van der Waals surface area contributed by atoms with Crippen LogP contribution in [0.1, 0.15) is 5.56 Å². The largest absolute Gasteiger partial charge is 0.456 e. The van der Waals surface area contributed by atoms with Crippen molar-refractivity contribution in [3.63, 3.8) is 0 Å². The first-order valence-electron chi connectivity index (χ1n) is 9.05. The standard InChI is InChI=1S/C23H14Cl2N2O3S/c24-20-6-3-7-23(19(20)14-26)30-15-8-10-16(11-9-15)31(28,29)27-22-13-12-21(25)17-4-1-2-5-18(17)22/h1-13,27H. The van der Waals surface area contributed by atoms with E-state index < -0.39 is 10.0 Å². The van der Waals surface area contributed by atoms with Gasteiger partial charge in [0.05, 0.1) is 15.6 Å². The highest BCUT2D eigenvalue weighted by Crippen LogP contribution is 2.32. The number of hydrogen-bond donors (Lipinski definition) is 1. The van der Waals surface area contributed by atoms with Crippen LogP contribution in [-0.2, 0) is 10.0 Å². The molecule has 0 aliphatic heterocycles. The first-order valence-corrected chi connectivity index (χ1v) is 11.3. The highest BCUT2D eigenvalue weighted by molar-refractivity contribution is 7.92. The number of benzene rings is 4. The van der Waals surface area contributed by atoms with E-state index in [4.69, 9.17) is 27.9 Å². The minimum atomic E-state index is -3.85. The zero-order chi connectivity index (χ0) is 22.0. The number of ether oxygens (including phenoxy) is 1. The zero-order valence-corrected chi connectivity index (χ0v) is 18.2. The van der Waals surface area contributed by atoms with E-state index in [1.165, 1.54) is 24.3 Å². The molecule has 8 heteroatoms. The Labute approximate surface area is 189 Å². The van der Waals surface area contributed by atoms with Gasteiger partial charge in [-0.15, -0.1) is 0 Å². The van der Waals surface area contributed by atoms with Crippen molar-refractivity contribution in [2.75, 3.05) is 4.72 Å². The van der Waals surface area contributed by atoms with Crippen LogP contribution in [0.2, 0.25) is 10.0 Å². The molecule has 0 saturated carbocycles. The number of rotatable bonds is 5. The molecule has 0 fully saturated rings. The summed E-state index contributed by atoms with van der Waals surface area (Å²) in [5, 5.41) is 11.5. The third kappa shape index (κ3) is 4.30. The number of sulfonamides is 1. The number of anilines is 1. The van der Waals surface area contributed by atoms with Crippen molar-refractivity contribution >= 4 is 49.7 Å². The molecule has 0 saturated heterocycles. The van der Waals surface area contributed by atoms with E-state index in [1.807, 2.05) is 24.3 Å². The lowest BCUT2D eigenvalue weighted by Gasteiger charge is -2.12. The summed E-state index contributed by atoms with van der Waals surface area (Å²) < 4.78 is 34.1. The van der Waals surface area contributed by atoms with Crippen LogP contribution in [-0.4, -0.2) is 8.42 Å². The summed E-state index contributed by atoms with van der Waals surface area (Å²) in [5.74, 6) is 0.658. The molecular weight excluding hydrogens is 455 g/mol. The van der Waals surface area contributed by atoms with Crippen LogP contribution in [0.15, 0.2) is 83.8 Å². The zero-order valence-electron chi connectivity index (χ0n) is 15.8. The Bertz CT molecular complexity index is 1430. The molecule has 0 spiro atoms. The summed E-state index contributed by atoms with van der Waals surface area (Å²) in [5.41, 5.74) is 0.634. The normalized spacial score (nSPS) is 11.1. The second kappa shape index (κ2) is 8.48. The molecule has 0 aromatic heterocycles. The fraction of sp³-hybridized carbons (Fsp3) is 0. The molecule has 0 amide bonds. The van der Waals surface area contributed by atoms with Crippen LogP contribution in [0.5, 0.6) is 11.5 Å². The van der Waals surface area contributed by atoms with E-state index in [0.717, 1.165) is 5.39 Å². The molecule has 0 aliphatic rings. The van der Waals surface area contributed by atoms with Gasteiger partial charge in [0.25, 0.3) is 10.0 Å². The number of nitrogens with one attached hydrogen (secondary N) is 1. The van der Waals surface area contributed by atoms with Crippen molar-refractivity contribution in [3.05, 3.63) is 94.5 Å². The van der Waals surface area contributed by atoms with Gasteiger partial charge < -0.3 is 4.74 Å². The average Bonchev–Trinajstić information content (AvgIpc) is 2.76. The summed E-state index contributed by atoms with van der Waals surface area (Å²) in [7, 11) is -3.85. The molecule has 31 heavy (non-hydrogen) atoms. The third-order valence-electron chi connectivity index (χ3n) is 4.56. The number of hydrogen-bond acceptors (Lipinski definition) is 4. The van der Waals surface area contributed by atoms with Crippen molar-refractivity contribution in [2.45, 2.75) is 4.90 Å². The van der Waals surface area contributed by atoms with E-state index in [9.17, 15) is 13.7 Å². The average molecular weight is 469 g/mol. The Morgan fingerprint density at radius 1 is 0.806 bits per heavy atom. The van der Waals surface area contributed by atoms with Crippen molar-refractivity contribution in [2.24, 2.45) is 0 Å². The van der Waals surface area contributed by atoms with Gasteiger partial charge in [-0.3, -0.25) is 4.72 Å². The Kier molecular flexibility index (Phi) is 5.75. The van der Waals surface area contributed by atoms with Crippen LogP contribution in [0.3, 0.4) is 0 Å². The van der Waals surface area contributed by atoms with E-state index in [-0.39, 0.29) is 21.2 Å². The maximum atomic E-state index is 12.9. The highest BCUT2D eigenvalue weighted by atomic mass is 35.5. The lowest BCUT2D eigenvalue weighted by atomic mass is 10.1. The van der Waals surface area contributed by atoms with Gasteiger partial charge in [-0.05, 0) is 48.5 Å². The smallest absolute Gasteiger partial charge is 0.261 e. The number of nitriles is 1. The van der Waals surface area contributed by atoms with Gasteiger partial charge >= 0.3 is 0 Å². The number of halogens is 2. The Morgan fingerprint density at radius 2 is 1.52 bits per heavy atom. The molecule has 154 valence electrons. The minimum Gasteiger partial charge on any atom is -0.456 e. The van der Waals surface area contributed by atoms with Crippen LogP contribution < -0.4 is 9.46 Å². The van der Waals surface area contributed by atoms with Crippen molar-refractivity contribution < 1.29 is 13.2 Å². The molecule has 0 atom stereocenters. The number of fused-ring (bicyclic) bond motifs is 1. The molecule has 1 N–H and O–H groups in total. The van der Waals surface area contributed by atoms with E-state index in [0.29, 0.717) is 21.8 Å². The maximum Gasteiger partial charge on any atom is 0.261 e. The van der Waals surface area contributed by atoms with Gasteiger partial charge in [-0.1, -0.05) is 53.5 Å². The Balaban J connectivity index is 1.60. The van der Waals surface area contributed by atoms with Gasteiger partial charge in [0.15, 0.2) is 0 Å². The van der Waals surface area contributed by atoms with Crippen LogP contribution in [0.4, 0.5) is 5.69 Å². The highest BCUT2D eigenvalue weighted by Gasteiger charge is 2.17. The molecule has 0 aliphatic carbocycles. The SMILES string of the molecule is N#Cc1c(Cl)cccc1Oc1ccc(S(=O)(=O)Nc2ccc(Cl)c3ccccc23)cc1. The topological polar surface area (TPSA) is 79.2 Å². The van der Waals surface area contributed by atoms with E-state index in [2.05, 4.69) is 4.72 Å². The van der Waals surface area contributed by atoms with E-state index >= 15 is 0 Å². The fourth-order valence-electron chi connectivity index (χ4n) is 3.07. The molecule has 4 aromatic carbocycles. The van der Waals surface area contributed by atoms with Crippen molar-refractivity contribution in [3.8, 4) is 17.6 Å². The van der Waals surface area contributed by atoms with Crippen molar-refractivity contribution in [1.29, 1.82) is 5.26 Å². The first-order chi connectivity index (χ1) is 14.9. The predicted octanol–water partition coefficient (Wildman–Crippen LogP) is 6.61. The minimum absolute atomic E-state index is 0.0606. The summed E-state index contributed by atoms with van der Waals surface area (Å²) in [6, 6.07) is 23.3. The Morgan fingerprint density at radius 3 is 2.23 bits per heavy atom. The second-order valence-corrected chi connectivity index (χ2v) is 9.04. The monoisotopic (exact) mass is 468 g/mol. The third-order valence-corrected chi connectivity index (χ3v) is 6.59. The van der Waals surface area contributed by atoms with Crippen molar-refractivity contribution in [1.82, 2.24) is 0 Å². The molecule has 0 radical (unpaired) electrons. The van der Waals surface area contributed by atoms with Crippen LogP contribution >= 0.6 is 23.2 Å².